The zero-order valence-electron chi connectivity index (χ0n) is 14.6. The summed E-state index contributed by atoms with van der Waals surface area (Å²) in [6.45, 7) is 1.82. The first kappa shape index (κ1) is 17.5. The van der Waals surface area contributed by atoms with E-state index in [1.807, 2.05) is 32.2 Å². The molecule has 0 saturated heterocycles. The molecule has 26 heavy (non-hydrogen) atoms. The Balaban J connectivity index is 1.79. The second-order valence-electron chi connectivity index (χ2n) is 6.64. The molecule has 0 spiro atoms. The second kappa shape index (κ2) is 7.03. The van der Waals surface area contributed by atoms with Gasteiger partial charge in [0.1, 0.15) is 0 Å². The number of rotatable bonds is 3. The summed E-state index contributed by atoms with van der Waals surface area (Å²) in [6, 6.07) is 12.6. The Morgan fingerprint density at radius 2 is 1.88 bits per heavy atom. The number of aryl methyl sites for hydroxylation is 1. The summed E-state index contributed by atoms with van der Waals surface area (Å²) in [4.78, 5) is 4.35. The molecule has 4 rings (SSSR count). The summed E-state index contributed by atoms with van der Waals surface area (Å²) in [7, 11) is 2.00. The number of nitrogens with zero attached hydrogens (tertiary/aromatic N) is 2. The maximum Gasteiger partial charge on any atom is 0.257 e. The van der Waals surface area contributed by atoms with Crippen LogP contribution in [0.4, 0.5) is 0 Å². The van der Waals surface area contributed by atoms with Crippen molar-refractivity contribution < 1.29 is 4.52 Å². The van der Waals surface area contributed by atoms with Gasteiger partial charge in [-0.2, -0.15) is 4.98 Å². The van der Waals surface area contributed by atoms with Crippen LogP contribution in [0.25, 0.3) is 11.5 Å². The summed E-state index contributed by atoms with van der Waals surface area (Å²) >= 11 is 12.3. The Labute approximate surface area is 162 Å². The van der Waals surface area contributed by atoms with Crippen LogP contribution in [0.1, 0.15) is 47.3 Å². The molecule has 1 aliphatic rings. The van der Waals surface area contributed by atoms with Crippen LogP contribution in [0.15, 0.2) is 40.9 Å². The van der Waals surface area contributed by atoms with Crippen LogP contribution in [0, 0.1) is 6.92 Å². The molecule has 1 aromatic heterocycles. The van der Waals surface area contributed by atoms with Crippen molar-refractivity contribution >= 4 is 23.2 Å². The molecule has 6 heteroatoms. The average molecular weight is 388 g/mol. The van der Waals surface area contributed by atoms with E-state index in [2.05, 4.69) is 33.7 Å². The monoisotopic (exact) mass is 387 g/mol. The van der Waals surface area contributed by atoms with E-state index < -0.39 is 0 Å². The zero-order valence-corrected chi connectivity index (χ0v) is 16.1. The topological polar surface area (TPSA) is 51.0 Å². The first-order valence-corrected chi connectivity index (χ1v) is 9.39. The Kier molecular flexibility index (Phi) is 4.74. The highest BCUT2D eigenvalue weighted by Crippen LogP contribution is 2.43. The highest BCUT2D eigenvalue weighted by Gasteiger charge is 2.28. The fourth-order valence-electron chi connectivity index (χ4n) is 3.76. The molecule has 3 aromatic rings. The maximum absolute atomic E-state index is 6.25. The third-order valence-corrected chi connectivity index (χ3v) is 5.79. The molecule has 1 aliphatic carbocycles. The Morgan fingerprint density at radius 1 is 1.04 bits per heavy atom. The van der Waals surface area contributed by atoms with Gasteiger partial charge in [0.2, 0.25) is 0 Å². The van der Waals surface area contributed by atoms with E-state index in [4.69, 9.17) is 27.7 Å². The van der Waals surface area contributed by atoms with Gasteiger partial charge in [0.15, 0.2) is 5.82 Å². The first-order chi connectivity index (χ1) is 12.6. The average Bonchev–Trinajstić information content (AvgIpc) is 3.09. The standard InChI is InChI=1S/C20H19Cl2N3O/c1-11-24-20(26-25-11)13-3-5-15-14(6-8-19(23-2)16(15)9-13)12-4-7-17(21)18(22)10-12/h3-5,7,9-10,14,19,23H,6,8H2,1-2H3. The summed E-state index contributed by atoms with van der Waals surface area (Å²) in [5.74, 6) is 1.48. The molecule has 134 valence electrons. The van der Waals surface area contributed by atoms with Crippen LogP contribution in [-0.2, 0) is 0 Å². The molecule has 2 unspecified atom stereocenters. The summed E-state index contributed by atoms with van der Waals surface area (Å²) in [6.07, 6.45) is 2.09. The van der Waals surface area contributed by atoms with E-state index in [0.717, 1.165) is 18.4 Å². The largest absolute Gasteiger partial charge is 0.334 e. The Bertz CT molecular complexity index is 954. The predicted molar refractivity (Wildman–Crippen MR) is 104 cm³/mol. The van der Waals surface area contributed by atoms with Crippen LogP contribution in [0.2, 0.25) is 10.0 Å². The lowest BCUT2D eigenvalue weighted by Gasteiger charge is -2.32. The van der Waals surface area contributed by atoms with Gasteiger partial charge < -0.3 is 9.84 Å². The van der Waals surface area contributed by atoms with E-state index in [-0.39, 0.29) is 0 Å². The fourth-order valence-corrected chi connectivity index (χ4v) is 4.07. The Hall–Kier alpha value is -1.88. The molecule has 0 aliphatic heterocycles. The van der Waals surface area contributed by atoms with E-state index >= 15 is 0 Å². The molecule has 4 nitrogen and oxygen atoms in total. The highest BCUT2D eigenvalue weighted by atomic mass is 35.5. The number of aromatic nitrogens is 2. The van der Waals surface area contributed by atoms with Crippen LogP contribution >= 0.6 is 23.2 Å². The van der Waals surface area contributed by atoms with Gasteiger partial charge in [-0.05, 0) is 67.8 Å². The van der Waals surface area contributed by atoms with Gasteiger partial charge in [0.25, 0.3) is 5.89 Å². The molecule has 2 aromatic carbocycles. The van der Waals surface area contributed by atoms with Gasteiger partial charge in [0.05, 0.1) is 10.0 Å². The van der Waals surface area contributed by atoms with Gasteiger partial charge in [-0.25, -0.2) is 0 Å². The number of fused-ring (bicyclic) bond motifs is 1. The number of benzene rings is 2. The summed E-state index contributed by atoms with van der Waals surface area (Å²) in [5, 5.41) is 8.50. The zero-order chi connectivity index (χ0) is 18.3. The Morgan fingerprint density at radius 3 is 2.58 bits per heavy atom. The van der Waals surface area contributed by atoms with Crippen LogP contribution < -0.4 is 5.32 Å². The van der Waals surface area contributed by atoms with Crippen molar-refractivity contribution in [2.24, 2.45) is 0 Å². The van der Waals surface area contributed by atoms with Gasteiger partial charge in [-0.1, -0.05) is 40.5 Å². The molecular weight excluding hydrogens is 369 g/mol. The lowest BCUT2D eigenvalue weighted by Crippen LogP contribution is -2.24. The quantitative estimate of drug-likeness (QED) is 0.640. The molecule has 0 bridgehead atoms. The lowest BCUT2D eigenvalue weighted by atomic mass is 9.76. The minimum absolute atomic E-state index is 0.294. The first-order valence-electron chi connectivity index (χ1n) is 8.63. The smallest absolute Gasteiger partial charge is 0.257 e. The van der Waals surface area contributed by atoms with Gasteiger partial charge in [-0.3, -0.25) is 0 Å². The minimum Gasteiger partial charge on any atom is -0.334 e. The summed E-state index contributed by atoms with van der Waals surface area (Å²) < 4.78 is 5.34. The van der Waals surface area contributed by atoms with Crippen LogP contribution in [0.3, 0.4) is 0 Å². The number of halogens is 2. The molecule has 1 heterocycles. The fraction of sp³-hybridized carbons (Fsp3) is 0.300. The predicted octanol–water partition coefficient (Wildman–Crippen LogP) is 5.54. The number of hydrogen-bond donors (Lipinski definition) is 1. The molecule has 0 fully saturated rings. The second-order valence-corrected chi connectivity index (χ2v) is 7.45. The molecule has 2 atom stereocenters. The third kappa shape index (κ3) is 3.13. The SMILES string of the molecule is CNC1CCC(c2ccc(Cl)c(Cl)c2)c2ccc(-c3nc(C)no3)cc21. The molecular formula is C20H19Cl2N3O. The van der Waals surface area contributed by atoms with E-state index in [1.54, 1.807) is 0 Å². The minimum atomic E-state index is 0.294. The normalized spacial score (nSPS) is 19.4. The maximum atomic E-state index is 6.25. The van der Waals surface area contributed by atoms with Gasteiger partial charge in [-0.15, -0.1) is 0 Å². The van der Waals surface area contributed by atoms with Crippen molar-refractivity contribution in [3.8, 4) is 11.5 Å². The molecule has 0 saturated carbocycles. The van der Waals surface area contributed by atoms with Crippen molar-refractivity contribution in [3.63, 3.8) is 0 Å². The summed E-state index contributed by atoms with van der Waals surface area (Å²) in [5.41, 5.74) is 4.70. The molecule has 1 N–H and O–H groups in total. The molecule has 0 amide bonds. The van der Waals surface area contributed by atoms with Crippen molar-refractivity contribution in [3.05, 3.63) is 69.0 Å². The van der Waals surface area contributed by atoms with Crippen molar-refractivity contribution in [1.82, 2.24) is 15.5 Å². The number of nitrogens with one attached hydrogen (secondary N) is 1. The van der Waals surface area contributed by atoms with Crippen molar-refractivity contribution in [1.29, 1.82) is 0 Å². The highest BCUT2D eigenvalue weighted by molar-refractivity contribution is 6.42. The van der Waals surface area contributed by atoms with Crippen LogP contribution in [-0.4, -0.2) is 17.2 Å². The number of hydrogen-bond acceptors (Lipinski definition) is 4. The lowest BCUT2D eigenvalue weighted by molar-refractivity contribution is 0.425. The third-order valence-electron chi connectivity index (χ3n) is 5.05. The van der Waals surface area contributed by atoms with E-state index in [9.17, 15) is 0 Å². The van der Waals surface area contributed by atoms with Gasteiger partial charge >= 0.3 is 0 Å². The van der Waals surface area contributed by atoms with Gasteiger partial charge in [0, 0.05) is 17.5 Å². The molecule has 0 radical (unpaired) electrons. The van der Waals surface area contributed by atoms with Crippen molar-refractivity contribution in [2.75, 3.05) is 7.05 Å². The van der Waals surface area contributed by atoms with Crippen LogP contribution in [0.5, 0.6) is 0 Å². The van der Waals surface area contributed by atoms with Crippen molar-refractivity contribution in [2.45, 2.75) is 31.7 Å². The van der Waals surface area contributed by atoms with E-state index in [1.165, 1.54) is 16.7 Å². The van der Waals surface area contributed by atoms with E-state index in [0.29, 0.717) is 33.7 Å².